The Morgan fingerprint density at radius 3 is 2.53 bits per heavy atom. The number of aliphatic hydroxyl groups is 4. The Balaban J connectivity index is 0.00000604. The molecule has 0 aromatic rings. The zero-order valence-corrected chi connectivity index (χ0v) is 40.5. The van der Waals surface area contributed by atoms with Gasteiger partial charge in [0, 0.05) is 37.2 Å². The molecule has 0 bridgehead atoms. The maximum absolute atomic E-state index is 11.6. The second kappa shape index (κ2) is 18.6. The average molecular weight is 871 g/mol. The summed E-state index contributed by atoms with van der Waals surface area (Å²) in [7, 11) is 0. The number of carboxylic acids is 1. The molecule has 7 aliphatic heterocycles. The molecule has 0 saturated carbocycles. The fourth-order valence-corrected chi connectivity index (χ4v) is 11.4. The van der Waals surface area contributed by atoms with Crippen molar-refractivity contribution in [3.05, 3.63) is 36.0 Å². The number of ether oxygens (including phenoxy) is 7. The van der Waals surface area contributed by atoms with E-state index in [4.69, 9.17) is 33.2 Å². The van der Waals surface area contributed by atoms with Crippen molar-refractivity contribution in [3.63, 3.8) is 0 Å². The van der Waals surface area contributed by atoms with Crippen molar-refractivity contribution in [1.82, 2.24) is 0 Å². The molecule has 0 amide bonds. The van der Waals surface area contributed by atoms with Crippen LogP contribution in [0.25, 0.3) is 0 Å². The fourth-order valence-electron chi connectivity index (χ4n) is 11.4. The van der Waals surface area contributed by atoms with E-state index in [1.807, 2.05) is 26.8 Å². The topological polar surface area (TPSA) is 186 Å². The van der Waals surface area contributed by atoms with Crippen LogP contribution < -0.4 is 56.5 Å². The summed E-state index contributed by atoms with van der Waals surface area (Å²) in [5, 5.41) is 56.6. The minimum atomic E-state index is -2.11. The third kappa shape index (κ3) is 10.3. The van der Waals surface area contributed by atoms with Crippen molar-refractivity contribution in [2.45, 2.75) is 203 Å². The molecule has 0 aromatic heterocycles. The van der Waals surface area contributed by atoms with E-state index in [0.717, 1.165) is 44.7 Å². The van der Waals surface area contributed by atoms with E-state index in [-0.39, 0.29) is 93.2 Å². The molecule has 14 heteroatoms. The molecule has 6 fully saturated rings. The summed E-state index contributed by atoms with van der Waals surface area (Å²) >= 11 is 0. The van der Waals surface area contributed by atoms with Crippen LogP contribution >= 0.6 is 0 Å². The molecule has 7 aliphatic rings. The Morgan fingerprint density at radius 1 is 1.08 bits per heavy atom. The number of fused-ring (bicyclic) bond motifs is 1. The molecule has 7 rings (SSSR count). The molecule has 334 valence electrons. The third-order valence-electron chi connectivity index (χ3n) is 15.0. The quantitative estimate of drug-likeness (QED) is 0.182. The van der Waals surface area contributed by atoms with Crippen LogP contribution in [0.5, 0.6) is 0 Å². The van der Waals surface area contributed by atoms with Gasteiger partial charge in [-0.2, -0.15) is 0 Å². The average Bonchev–Trinajstić information content (AvgIpc) is 3.50. The van der Waals surface area contributed by atoms with Crippen LogP contribution in [0.4, 0.5) is 0 Å². The van der Waals surface area contributed by atoms with Gasteiger partial charge < -0.3 is 63.5 Å². The van der Waals surface area contributed by atoms with E-state index in [1.165, 1.54) is 6.92 Å². The minimum absolute atomic E-state index is 0. The second-order valence-corrected chi connectivity index (χ2v) is 20.5. The Hall–Kier alpha value is -0.114. The molecule has 13 nitrogen and oxygen atoms in total. The standard InChI is InChI=1S/C46H72O13.K/c1-27-20-35(56-46(22-27)36(48)12-15-42(7,59-46)24-43(8,52)40(50)51)28(2)10-14-41(6)17-18-45(58-41)16-11-34-39(57-45)37(49)30(4)38(55-34)33(47)21-29(3)32-23-44(26-54-31(32)5)13-9-19-53-25-44;/h10,14,22,28-29,31-39,47-49,52H,4,9,11-13,15-21,23-26H2,1-3,5-8H3,(H,50,51);/q;+1/p-1. The number of aliphatic hydroxyl groups excluding tert-OH is 3. The van der Waals surface area contributed by atoms with Gasteiger partial charge in [-0.15, -0.1) is 0 Å². The fraction of sp³-hybridized carbons (Fsp3) is 0.848. The first kappa shape index (κ1) is 49.3. The van der Waals surface area contributed by atoms with Crippen molar-refractivity contribution >= 4 is 5.97 Å². The van der Waals surface area contributed by atoms with Crippen LogP contribution in [0, 0.1) is 23.2 Å². The van der Waals surface area contributed by atoms with Crippen LogP contribution in [-0.4, -0.2) is 123 Å². The zero-order valence-electron chi connectivity index (χ0n) is 37.4. The first-order chi connectivity index (χ1) is 27.6. The molecule has 17 unspecified atom stereocenters. The van der Waals surface area contributed by atoms with Gasteiger partial charge >= 0.3 is 51.4 Å². The maximum atomic E-state index is 11.6. The van der Waals surface area contributed by atoms with E-state index in [9.17, 15) is 30.3 Å². The van der Waals surface area contributed by atoms with E-state index in [1.54, 1.807) is 13.0 Å². The number of rotatable bonds is 10. The zero-order chi connectivity index (χ0) is 42.8. The van der Waals surface area contributed by atoms with Crippen LogP contribution in [0.2, 0.25) is 0 Å². The number of hydrogen-bond donors (Lipinski definition) is 4. The molecular weight excluding hydrogens is 800 g/mol. The maximum Gasteiger partial charge on any atom is 1.00 e. The van der Waals surface area contributed by atoms with E-state index >= 15 is 0 Å². The molecule has 0 aliphatic carbocycles. The summed E-state index contributed by atoms with van der Waals surface area (Å²) in [6.45, 7) is 19.7. The van der Waals surface area contributed by atoms with E-state index < -0.39 is 71.0 Å². The van der Waals surface area contributed by atoms with Gasteiger partial charge in [-0.05, 0) is 116 Å². The van der Waals surface area contributed by atoms with Gasteiger partial charge in [0.25, 0.3) is 0 Å². The molecule has 7 heterocycles. The summed E-state index contributed by atoms with van der Waals surface area (Å²) in [5.41, 5.74) is -2.42. The molecule has 4 N–H and O–H groups in total. The Labute approximate surface area is 399 Å². The Morgan fingerprint density at radius 2 is 1.83 bits per heavy atom. The summed E-state index contributed by atoms with van der Waals surface area (Å²) in [6, 6.07) is 0. The molecule has 60 heavy (non-hydrogen) atoms. The van der Waals surface area contributed by atoms with Crippen molar-refractivity contribution in [1.29, 1.82) is 0 Å². The van der Waals surface area contributed by atoms with Gasteiger partial charge in [-0.25, -0.2) is 0 Å². The van der Waals surface area contributed by atoms with E-state index in [0.29, 0.717) is 56.9 Å². The normalized spacial score (nSPS) is 46.0. The van der Waals surface area contributed by atoms with Crippen LogP contribution in [-0.2, 0) is 38.0 Å². The molecule has 0 radical (unpaired) electrons. The monoisotopic (exact) mass is 870 g/mol. The van der Waals surface area contributed by atoms with E-state index in [2.05, 4.69) is 26.5 Å². The van der Waals surface area contributed by atoms with Gasteiger partial charge in [0.2, 0.25) is 5.79 Å². The predicted molar refractivity (Wildman–Crippen MR) is 214 cm³/mol. The first-order valence-corrected chi connectivity index (χ1v) is 22.2. The number of carboxylic acid groups (broad SMARTS) is 1. The van der Waals surface area contributed by atoms with Crippen LogP contribution in [0.3, 0.4) is 0 Å². The van der Waals surface area contributed by atoms with Crippen molar-refractivity contribution < 1.29 is 115 Å². The van der Waals surface area contributed by atoms with Gasteiger partial charge in [0.1, 0.15) is 30.0 Å². The Kier molecular flexibility index (Phi) is 15.3. The van der Waals surface area contributed by atoms with Gasteiger partial charge in [-0.1, -0.05) is 38.2 Å². The summed E-state index contributed by atoms with van der Waals surface area (Å²) in [6.07, 6.45) is 8.14. The molecule has 0 aromatic carbocycles. The van der Waals surface area contributed by atoms with Gasteiger partial charge in [0.15, 0.2) is 5.79 Å². The van der Waals surface area contributed by atoms with Crippen molar-refractivity contribution in [2.75, 3.05) is 19.8 Å². The van der Waals surface area contributed by atoms with Gasteiger partial charge in [-0.3, -0.25) is 0 Å². The first-order valence-electron chi connectivity index (χ1n) is 22.2. The Bertz CT molecular complexity index is 1610. The molecule has 6 saturated heterocycles. The van der Waals surface area contributed by atoms with Crippen molar-refractivity contribution in [3.8, 4) is 0 Å². The number of aliphatic carboxylic acids is 1. The second-order valence-electron chi connectivity index (χ2n) is 20.5. The molecule has 17 atom stereocenters. The predicted octanol–water partition coefficient (Wildman–Crippen LogP) is 1.17. The van der Waals surface area contributed by atoms with Crippen molar-refractivity contribution in [2.24, 2.45) is 23.2 Å². The summed E-state index contributed by atoms with van der Waals surface area (Å²) in [5.74, 6) is -3.68. The number of carbonyl (C=O) groups is 1. The van der Waals surface area contributed by atoms with Crippen LogP contribution in [0.15, 0.2) is 36.0 Å². The third-order valence-corrected chi connectivity index (χ3v) is 15.0. The molecular formula is C46H71KO13. The number of carbonyl (C=O) groups excluding carboxylic acids is 1. The SMILES string of the molecule is C=C1C(O)C2OC3(CCC2OC1C(O)CC(C)C1CC2(CCCOC2)COC1C)CCC(C)(C=CC(C)C1CC(C)=CC2(O1)OC(C)(CC(C)(O)C(=O)[O-])CCC2O)O3.[K+]. The smallest absolute Gasteiger partial charge is 0.547 e. The largest absolute Gasteiger partial charge is 1.00 e. The number of hydrogen-bond acceptors (Lipinski definition) is 13. The van der Waals surface area contributed by atoms with Crippen LogP contribution in [0.1, 0.15) is 126 Å². The molecule has 3 spiro atoms. The minimum Gasteiger partial charge on any atom is -0.547 e. The summed E-state index contributed by atoms with van der Waals surface area (Å²) < 4.78 is 45.1. The van der Waals surface area contributed by atoms with Gasteiger partial charge in [0.05, 0.1) is 54.8 Å². The summed E-state index contributed by atoms with van der Waals surface area (Å²) in [4.78, 5) is 11.6.